The zero-order chi connectivity index (χ0) is 30.4. The Hall–Kier alpha value is -5.43. The third-order valence-corrected chi connectivity index (χ3v) is 9.00. The highest BCUT2D eigenvalue weighted by Gasteiger charge is 2.70. The second kappa shape index (κ2) is 10.7. The minimum absolute atomic E-state index is 0.250. The molecule has 0 aromatic heterocycles. The maximum absolute atomic E-state index is 14.9. The average molecular weight is 583 g/mol. The molecule has 44 heavy (non-hydrogen) atoms. The second-order valence-corrected chi connectivity index (χ2v) is 11.2. The fraction of sp³-hybridized carbons (Fsp3) is 0.162. The Morgan fingerprint density at radius 3 is 2.27 bits per heavy atom. The molecular formula is C37H30N2O5. The van der Waals surface area contributed by atoms with Crippen molar-refractivity contribution in [3.8, 4) is 11.5 Å². The molecule has 7 rings (SSSR count). The summed E-state index contributed by atoms with van der Waals surface area (Å²) in [5, 5.41) is 3.08. The third-order valence-electron chi connectivity index (χ3n) is 9.00. The Labute approximate surface area is 255 Å². The predicted octanol–water partition coefficient (Wildman–Crippen LogP) is 6.24. The Bertz CT molecular complexity index is 1830. The number of nitrogens with zero attached hydrogens (tertiary/aromatic N) is 1. The van der Waals surface area contributed by atoms with Crippen molar-refractivity contribution in [2.45, 2.75) is 17.5 Å². The van der Waals surface area contributed by atoms with E-state index in [9.17, 15) is 14.4 Å². The normalized spacial score (nSPS) is 22.5. The molecule has 4 aromatic rings. The molecule has 1 saturated heterocycles. The molecule has 0 saturated carbocycles. The summed E-state index contributed by atoms with van der Waals surface area (Å²) in [5.41, 5.74) is 2.61. The van der Waals surface area contributed by atoms with Crippen LogP contribution in [0.15, 0.2) is 116 Å². The molecule has 1 spiro atoms. The van der Waals surface area contributed by atoms with Crippen LogP contribution in [0.5, 0.6) is 11.5 Å². The Morgan fingerprint density at radius 2 is 1.55 bits per heavy atom. The van der Waals surface area contributed by atoms with Crippen molar-refractivity contribution >= 4 is 29.2 Å². The average Bonchev–Trinajstić information content (AvgIpc) is 3.55. The van der Waals surface area contributed by atoms with Gasteiger partial charge in [0.15, 0.2) is 11.6 Å². The number of ether oxygens (including phenoxy) is 2. The highest BCUT2D eigenvalue weighted by atomic mass is 16.5. The number of methoxy groups -OCH3 is 1. The summed E-state index contributed by atoms with van der Waals surface area (Å²) in [7, 11) is 1.57. The van der Waals surface area contributed by atoms with Gasteiger partial charge in [-0.05, 0) is 77.4 Å². The number of rotatable bonds is 8. The van der Waals surface area contributed by atoms with Crippen LogP contribution in [0.3, 0.4) is 0 Å². The largest absolute Gasteiger partial charge is 0.497 e. The van der Waals surface area contributed by atoms with Gasteiger partial charge in [0.2, 0.25) is 5.91 Å². The van der Waals surface area contributed by atoms with E-state index in [1.54, 1.807) is 61.7 Å². The minimum Gasteiger partial charge on any atom is -0.497 e. The minimum atomic E-state index is -1.39. The van der Waals surface area contributed by atoms with Crippen LogP contribution in [-0.2, 0) is 10.2 Å². The monoisotopic (exact) mass is 582 g/mol. The van der Waals surface area contributed by atoms with Crippen LogP contribution in [0.1, 0.15) is 43.4 Å². The van der Waals surface area contributed by atoms with E-state index >= 15 is 0 Å². The van der Waals surface area contributed by atoms with Crippen LogP contribution in [0.4, 0.5) is 5.69 Å². The highest BCUT2D eigenvalue weighted by Crippen LogP contribution is 2.62. The molecule has 0 aliphatic carbocycles. The second-order valence-electron chi connectivity index (χ2n) is 11.2. The topological polar surface area (TPSA) is 84.9 Å². The van der Waals surface area contributed by atoms with E-state index in [-0.39, 0.29) is 17.5 Å². The molecule has 3 aliphatic heterocycles. The van der Waals surface area contributed by atoms with Crippen molar-refractivity contribution in [1.82, 2.24) is 4.90 Å². The highest BCUT2D eigenvalue weighted by molar-refractivity contribution is 6.16. The first kappa shape index (κ1) is 27.4. The summed E-state index contributed by atoms with van der Waals surface area (Å²) < 4.78 is 11.0. The number of nitrogens with one attached hydrogen (secondary N) is 1. The SMILES string of the molecule is C=CCOc1ccc(C(=O)[C@@H]2[C@H](C(=O)c3ccc(OC)cc3)N3C=Cc4ccccc4[C@@H]3[C@]23C(=O)Nc2ccccc23)cc1. The number of anilines is 1. The van der Waals surface area contributed by atoms with Gasteiger partial charge in [-0.15, -0.1) is 0 Å². The summed E-state index contributed by atoms with van der Waals surface area (Å²) in [6.45, 7) is 4.02. The summed E-state index contributed by atoms with van der Waals surface area (Å²) in [5.74, 6) is -0.690. The number of para-hydroxylation sites is 1. The number of carbonyl (C=O) groups excluding carboxylic acids is 3. The van der Waals surface area contributed by atoms with Gasteiger partial charge in [-0.3, -0.25) is 14.4 Å². The molecule has 1 fully saturated rings. The molecule has 1 amide bonds. The van der Waals surface area contributed by atoms with E-state index in [4.69, 9.17) is 9.47 Å². The lowest BCUT2D eigenvalue weighted by Gasteiger charge is -2.38. The van der Waals surface area contributed by atoms with Gasteiger partial charge in [-0.2, -0.15) is 0 Å². The summed E-state index contributed by atoms with van der Waals surface area (Å²) >= 11 is 0. The van der Waals surface area contributed by atoms with Crippen molar-refractivity contribution in [1.29, 1.82) is 0 Å². The number of hydrogen-bond acceptors (Lipinski definition) is 6. The van der Waals surface area contributed by atoms with Crippen molar-refractivity contribution in [3.05, 3.63) is 144 Å². The molecule has 3 heterocycles. The number of fused-ring (bicyclic) bond motifs is 6. The number of hydrogen-bond donors (Lipinski definition) is 1. The number of ketones is 2. The fourth-order valence-electron chi connectivity index (χ4n) is 7.14. The molecule has 0 bridgehead atoms. The molecule has 218 valence electrons. The van der Waals surface area contributed by atoms with E-state index in [1.807, 2.05) is 65.7 Å². The van der Waals surface area contributed by atoms with Crippen LogP contribution >= 0.6 is 0 Å². The molecule has 4 atom stereocenters. The molecule has 7 heteroatoms. The van der Waals surface area contributed by atoms with Crippen LogP contribution in [-0.4, -0.2) is 42.1 Å². The molecule has 4 aromatic carbocycles. The van der Waals surface area contributed by atoms with Crippen LogP contribution in [0.2, 0.25) is 0 Å². The molecule has 7 nitrogen and oxygen atoms in total. The number of amides is 1. The zero-order valence-corrected chi connectivity index (χ0v) is 24.1. The lowest BCUT2D eigenvalue weighted by molar-refractivity contribution is -0.122. The third kappa shape index (κ3) is 4.00. The number of carbonyl (C=O) groups is 3. The van der Waals surface area contributed by atoms with E-state index in [0.29, 0.717) is 40.5 Å². The molecule has 3 aliphatic rings. The van der Waals surface area contributed by atoms with Gasteiger partial charge in [0.25, 0.3) is 0 Å². The zero-order valence-electron chi connectivity index (χ0n) is 24.1. The van der Waals surface area contributed by atoms with Crippen LogP contribution in [0, 0.1) is 5.92 Å². The Kier molecular flexibility index (Phi) is 6.66. The van der Waals surface area contributed by atoms with Crippen LogP contribution < -0.4 is 14.8 Å². The van der Waals surface area contributed by atoms with Crippen molar-refractivity contribution in [2.24, 2.45) is 5.92 Å². The molecule has 1 N–H and O–H groups in total. The fourth-order valence-corrected chi connectivity index (χ4v) is 7.14. The molecule has 0 radical (unpaired) electrons. The quantitative estimate of drug-likeness (QED) is 0.196. The van der Waals surface area contributed by atoms with E-state index in [0.717, 1.165) is 11.1 Å². The van der Waals surface area contributed by atoms with E-state index in [2.05, 4.69) is 11.9 Å². The first-order valence-electron chi connectivity index (χ1n) is 14.5. The molecular weight excluding hydrogens is 552 g/mol. The molecule has 0 unspecified atom stereocenters. The van der Waals surface area contributed by atoms with Gasteiger partial charge in [0.1, 0.15) is 29.6 Å². The number of Topliss-reactive ketones (excluding diaryl/α,β-unsaturated/α-hetero) is 2. The Balaban J connectivity index is 1.46. The van der Waals surface area contributed by atoms with Gasteiger partial charge >= 0.3 is 0 Å². The van der Waals surface area contributed by atoms with Crippen molar-refractivity contribution in [2.75, 3.05) is 19.0 Å². The van der Waals surface area contributed by atoms with Gasteiger partial charge in [0.05, 0.1) is 19.1 Å². The summed E-state index contributed by atoms with van der Waals surface area (Å²) in [6.07, 6.45) is 5.47. The maximum Gasteiger partial charge on any atom is 0.238 e. The Morgan fingerprint density at radius 1 is 0.886 bits per heavy atom. The maximum atomic E-state index is 14.9. The van der Waals surface area contributed by atoms with Crippen LogP contribution in [0.25, 0.3) is 6.08 Å². The summed E-state index contributed by atoms with van der Waals surface area (Å²) in [6, 6.07) is 27.5. The van der Waals surface area contributed by atoms with Gasteiger partial charge in [0, 0.05) is 23.0 Å². The summed E-state index contributed by atoms with van der Waals surface area (Å²) in [4.78, 5) is 46.1. The lowest BCUT2D eigenvalue weighted by Crippen LogP contribution is -2.49. The standard InChI is InChI=1S/C37H30N2O5/c1-3-22-44-27-18-14-24(15-19-27)33(40)31-32(34(41)25-12-16-26(43-2)17-13-25)39-21-20-23-8-4-5-9-28(23)35(39)37(31)29-10-6-7-11-30(29)38-36(37)42/h3-21,31-32,35H,1,22H2,2H3,(H,38,42)/t31-,32+,35+,37+/m0/s1. The van der Waals surface area contributed by atoms with Gasteiger partial charge in [-0.1, -0.05) is 55.1 Å². The van der Waals surface area contributed by atoms with Gasteiger partial charge < -0.3 is 19.7 Å². The van der Waals surface area contributed by atoms with Crippen molar-refractivity contribution in [3.63, 3.8) is 0 Å². The van der Waals surface area contributed by atoms with E-state index < -0.39 is 23.4 Å². The van der Waals surface area contributed by atoms with Crippen molar-refractivity contribution < 1.29 is 23.9 Å². The first-order valence-corrected chi connectivity index (χ1v) is 14.5. The number of benzene rings is 4. The van der Waals surface area contributed by atoms with E-state index in [1.165, 1.54) is 0 Å². The first-order chi connectivity index (χ1) is 21.5. The smallest absolute Gasteiger partial charge is 0.238 e. The lowest BCUT2D eigenvalue weighted by atomic mass is 9.62. The predicted molar refractivity (Wildman–Crippen MR) is 168 cm³/mol. The van der Waals surface area contributed by atoms with Gasteiger partial charge in [-0.25, -0.2) is 0 Å².